The van der Waals surface area contributed by atoms with Crippen LogP contribution in [0.5, 0.6) is 0 Å². The molecule has 0 fully saturated rings. The Morgan fingerprint density at radius 3 is 2.74 bits per heavy atom. The molecule has 0 unspecified atom stereocenters. The molecule has 0 atom stereocenters. The van der Waals surface area contributed by atoms with Crippen molar-refractivity contribution in [2.45, 2.75) is 13.5 Å². The number of halogens is 1. The van der Waals surface area contributed by atoms with Gasteiger partial charge in [-0.1, -0.05) is 11.6 Å². The van der Waals surface area contributed by atoms with Crippen LogP contribution in [-0.2, 0) is 6.54 Å². The Kier molecular flexibility index (Phi) is 3.81. The van der Waals surface area contributed by atoms with E-state index in [1.165, 1.54) is 6.07 Å². The standard InChI is InChI=1S/C14H14ClNO3/c1-9-10(5-6-19-9)8-16(2)13-4-3-11(15)7-12(13)14(17)18/h3-7H,8H2,1-2H3,(H,17,18). The average molecular weight is 280 g/mol. The number of hydrogen-bond acceptors (Lipinski definition) is 3. The summed E-state index contributed by atoms with van der Waals surface area (Å²) >= 11 is 5.84. The van der Waals surface area contributed by atoms with Crippen LogP contribution in [0.4, 0.5) is 5.69 Å². The van der Waals surface area contributed by atoms with E-state index >= 15 is 0 Å². The fraction of sp³-hybridized carbons (Fsp3) is 0.214. The number of hydrogen-bond donors (Lipinski definition) is 1. The largest absolute Gasteiger partial charge is 0.478 e. The number of nitrogens with zero attached hydrogens (tertiary/aromatic N) is 1. The summed E-state index contributed by atoms with van der Waals surface area (Å²) in [7, 11) is 1.84. The van der Waals surface area contributed by atoms with Crippen LogP contribution in [0.1, 0.15) is 21.7 Å². The topological polar surface area (TPSA) is 53.7 Å². The lowest BCUT2D eigenvalue weighted by molar-refractivity contribution is 0.0697. The summed E-state index contributed by atoms with van der Waals surface area (Å²) in [5.41, 5.74) is 1.84. The van der Waals surface area contributed by atoms with Gasteiger partial charge in [0.25, 0.3) is 0 Å². The predicted octanol–water partition coefficient (Wildman–Crippen LogP) is 3.58. The molecule has 1 N–H and O–H groups in total. The molecule has 5 heteroatoms. The highest BCUT2D eigenvalue weighted by Gasteiger charge is 2.15. The number of rotatable bonds is 4. The fourth-order valence-electron chi connectivity index (χ4n) is 1.93. The maximum Gasteiger partial charge on any atom is 0.337 e. The molecule has 0 amide bonds. The van der Waals surface area contributed by atoms with Crippen molar-refractivity contribution >= 4 is 23.3 Å². The monoisotopic (exact) mass is 279 g/mol. The minimum absolute atomic E-state index is 0.191. The lowest BCUT2D eigenvalue weighted by Gasteiger charge is -2.21. The molecule has 0 saturated heterocycles. The van der Waals surface area contributed by atoms with Gasteiger partial charge in [-0.05, 0) is 31.2 Å². The average Bonchev–Trinajstić information content (AvgIpc) is 2.74. The molecule has 0 aliphatic carbocycles. The van der Waals surface area contributed by atoms with Crippen LogP contribution in [0.25, 0.3) is 0 Å². The first kappa shape index (κ1) is 13.5. The summed E-state index contributed by atoms with van der Waals surface area (Å²) in [6.07, 6.45) is 1.62. The molecule has 1 heterocycles. The number of carbonyl (C=O) groups is 1. The molecule has 1 aromatic carbocycles. The first-order valence-electron chi connectivity index (χ1n) is 5.76. The highest BCUT2D eigenvalue weighted by Crippen LogP contribution is 2.25. The Morgan fingerprint density at radius 2 is 2.16 bits per heavy atom. The summed E-state index contributed by atoms with van der Waals surface area (Å²) < 4.78 is 5.23. The molecule has 0 saturated carbocycles. The summed E-state index contributed by atoms with van der Waals surface area (Å²) in [6.45, 7) is 2.45. The Labute approximate surface area is 116 Å². The molecule has 0 spiro atoms. The first-order chi connectivity index (χ1) is 8.99. The Balaban J connectivity index is 2.31. The van der Waals surface area contributed by atoms with Crippen molar-refractivity contribution < 1.29 is 14.3 Å². The summed E-state index contributed by atoms with van der Waals surface area (Å²) in [5.74, 6) is -0.161. The Bertz CT molecular complexity index is 606. The van der Waals surface area contributed by atoms with Gasteiger partial charge in [0.05, 0.1) is 17.5 Å². The molecule has 0 radical (unpaired) electrons. The normalized spacial score (nSPS) is 10.5. The molecule has 0 aliphatic rings. The number of aryl methyl sites for hydroxylation is 1. The number of furan rings is 1. The number of carboxylic acids is 1. The van der Waals surface area contributed by atoms with Crippen molar-refractivity contribution in [2.24, 2.45) is 0 Å². The van der Waals surface area contributed by atoms with Gasteiger partial charge in [0.1, 0.15) is 5.76 Å². The van der Waals surface area contributed by atoms with Crippen molar-refractivity contribution in [1.82, 2.24) is 0 Å². The van der Waals surface area contributed by atoms with Crippen LogP contribution in [0.2, 0.25) is 5.02 Å². The van der Waals surface area contributed by atoms with Crippen LogP contribution in [0.15, 0.2) is 34.9 Å². The SMILES string of the molecule is Cc1occc1CN(C)c1ccc(Cl)cc1C(=O)O. The van der Waals surface area contributed by atoms with Crippen molar-refractivity contribution in [3.05, 3.63) is 52.4 Å². The third-order valence-corrected chi connectivity index (χ3v) is 3.21. The van der Waals surface area contributed by atoms with Crippen molar-refractivity contribution in [3.8, 4) is 0 Å². The molecular formula is C14H14ClNO3. The van der Waals surface area contributed by atoms with Crippen molar-refractivity contribution in [2.75, 3.05) is 11.9 Å². The molecule has 2 aromatic rings. The van der Waals surface area contributed by atoms with E-state index in [2.05, 4.69) is 0 Å². The molecular weight excluding hydrogens is 266 g/mol. The highest BCUT2D eigenvalue weighted by molar-refractivity contribution is 6.31. The van der Waals surface area contributed by atoms with Gasteiger partial charge in [-0.3, -0.25) is 0 Å². The van der Waals surface area contributed by atoms with E-state index in [1.54, 1.807) is 18.4 Å². The highest BCUT2D eigenvalue weighted by atomic mass is 35.5. The lowest BCUT2D eigenvalue weighted by atomic mass is 10.1. The molecule has 1 aromatic heterocycles. The van der Waals surface area contributed by atoms with Gasteiger partial charge in [-0.15, -0.1) is 0 Å². The number of benzene rings is 1. The zero-order chi connectivity index (χ0) is 14.0. The maximum atomic E-state index is 11.2. The number of aromatic carboxylic acids is 1. The zero-order valence-electron chi connectivity index (χ0n) is 10.7. The van der Waals surface area contributed by atoms with E-state index in [0.717, 1.165) is 11.3 Å². The van der Waals surface area contributed by atoms with Gasteiger partial charge in [-0.2, -0.15) is 0 Å². The second-order valence-electron chi connectivity index (χ2n) is 4.32. The first-order valence-corrected chi connectivity index (χ1v) is 6.14. The minimum atomic E-state index is -0.992. The smallest absolute Gasteiger partial charge is 0.337 e. The van der Waals surface area contributed by atoms with Crippen LogP contribution < -0.4 is 4.90 Å². The van der Waals surface area contributed by atoms with Gasteiger partial charge in [0, 0.05) is 24.2 Å². The zero-order valence-corrected chi connectivity index (χ0v) is 11.4. The van der Waals surface area contributed by atoms with Crippen LogP contribution >= 0.6 is 11.6 Å². The van der Waals surface area contributed by atoms with Gasteiger partial charge >= 0.3 is 5.97 Å². The van der Waals surface area contributed by atoms with Gasteiger partial charge < -0.3 is 14.4 Å². The molecule has 100 valence electrons. The summed E-state index contributed by atoms with van der Waals surface area (Å²) in [6, 6.07) is 6.73. The lowest BCUT2D eigenvalue weighted by Crippen LogP contribution is -2.19. The minimum Gasteiger partial charge on any atom is -0.478 e. The van der Waals surface area contributed by atoms with Crippen LogP contribution in [-0.4, -0.2) is 18.1 Å². The van der Waals surface area contributed by atoms with Gasteiger partial charge in [-0.25, -0.2) is 4.79 Å². The van der Waals surface area contributed by atoms with E-state index < -0.39 is 5.97 Å². The molecule has 2 rings (SSSR count). The van der Waals surface area contributed by atoms with Gasteiger partial charge in [0.15, 0.2) is 0 Å². The van der Waals surface area contributed by atoms with E-state index in [-0.39, 0.29) is 5.56 Å². The third kappa shape index (κ3) is 2.90. The van der Waals surface area contributed by atoms with Crippen molar-refractivity contribution in [3.63, 3.8) is 0 Å². The third-order valence-electron chi connectivity index (χ3n) is 2.97. The van der Waals surface area contributed by atoms with E-state index in [4.69, 9.17) is 16.0 Å². The summed E-state index contributed by atoms with van der Waals surface area (Å²) in [4.78, 5) is 13.1. The second kappa shape index (κ2) is 5.36. The van der Waals surface area contributed by atoms with Gasteiger partial charge in [0.2, 0.25) is 0 Å². The van der Waals surface area contributed by atoms with E-state index in [1.807, 2.05) is 24.9 Å². The number of anilines is 1. The Hall–Kier alpha value is -1.94. The number of carboxylic acid groups (broad SMARTS) is 1. The summed E-state index contributed by atoms with van der Waals surface area (Å²) in [5, 5.41) is 9.63. The second-order valence-corrected chi connectivity index (χ2v) is 4.76. The van der Waals surface area contributed by atoms with E-state index in [0.29, 0.717) is 17.3 Å². The fourth-order valence-corrected chi connectivity index (χ4v) is 2.10. The van der Waals surface area contributed by atoms with Crippen molar-refractivity contribution in [1.29, 1.82) is 0 Å². The maximum absolute atomic E-state index is 11.2. The van der Waals surface area contributed by atoms with Crippen LogP contribution in [0, 0.1) is 6.92 Å². The predicted molar refractivity (Wildman–Crippen MR) is 74.0 cm³/mol. The quantitative estimate of drug-likeness (QED) is 0.929. The molecule has 4 nitrogen and oxygen atoms in total. The Morgan fingerprint density at radius 1 is 1.42 bits per heavy atom. The van der Waals surface area contributed by atoms with Crippen LogP contribution in [0.3, 0.4) is 0 Å². The molecule has 0 bridgehead atoms. The molecule has 0 aliphatic heterocycles. The molecule has 19 heavy (non-hydrogen) atoms. The van der Waals surface area contributed by atoms with E-state index in [9.17, 15) is 9.90 Å².